The summed E-state index contributed by atoms with van der Waals surface area (Å²) in [6, 6.07) is 22.9. The molecule has 3 aromatic carbocycles. The largest absolute Gasteiger partial charge is 0.465 e. The van der Waals surface area contributed by atoms with Crippen molar-refractivity contribution < 1.29 is 19.1 Å². The molecule has 0 aliphatic heterocycles. The monoisotopic (exact) mass is 398 g/mol. The lowest BCUT2D eigenvalue weighted by molar-refractivity contribution is -0.112. The van der Waals surface area contributed by atoms with Gasteiger partial charge in [0, 0.05) is 16.6 Å². The predicted octanol–water partition coefficient (Wildman–Crippen LogP) is 4.44. The number of hydrogen-bond acceptors (Lipinski definition) is 4. The van der Waals surface area contributed by atoms with Gasteiger partial charge in [-0.1, -0.05) is 48.5 Å². The molecule has 0 atom stereocenters. The zero-order valence-electron chi connectivity index (χ0n) is 16.1. The Morgan fingerprint density at radius 1 is 0.833 bits per heavy atom. The maximum Gasteiger partial charge on any atom is 0.337 e. The van der Waals surface area contributed by atoms with Gasteiger partial charge in [-0.25, -0.2) is 4.79 Å². The molecule has 1 heterocycles. The molecule has 6 nitrogen and oxygen atoms in total. The minimum absolute atomic E-state index is 0.320. The second-order valence-electron chi connectivity index (χ2n) is 6.64. The minimum atomic E-state index is -0.761. The molecular weight excluding hydrogens is 380 g/mol. The van der Waals surface area contributed by atoms with Crippen LogP contribution in [0.4, 0.5) is 5.69 Å². The molecule has 4 aromatic rings. The fourth-order valence-electron chi connectivity index (χ4n) is 3.31. The molecule has 1 aromatic heterocycles. The third-order valence-electron chi connectivity index (χ3n) is 4.77. The predicted molar refractivity (Wildman–Crippen MR) is 114 cm³/mol. The zero-order chi connectivity index (χ0) is 21.1. The van der Waals surface area contributed by atoms with Crippen molar-refractivity contribution in [3.63, 3.8) is 0 Å². The first-order chi connectivity index (χ1) is 14.6. The van der Waals surface area contributed by atoms with Gasteiger partial charge in [0.25, 0.3) is 11.7 Å². The van der Waals surface area contributed by atoms with Gasteiger partial charge in [-0.05, 0) is 35.9 Å². The van der Waals surface area contributed by atoms with Crippen molar-refractivity contribution in [3.05, 3.63) is 90.0 Å². The summed E-state index contributed by atoms with van der Waals surface area (Å²) < 4.78 is 4.66. The number of ether oxygens (including phenoxy) is 1. The Kier molecular flexibility index (Phi) is 5.13. The molecular formula is C24H18N2O4. The van der Waals surface area contributed by atoms with Gasteiger partial charge >= 0.3 is 5.97 Å². The quantitative estimate of drug-likeness (QED) is 0.295. The van der Waals surface area contributed by atoms with E-state index >= 15 is 0 Å². The lowest BCUT2D eigenvalue weighted by Gasteiger charge is -2.07. The van der Waals surface area contributed by atoms with Crippen LogP contribution in [0.3, 0.4) is 0 Å². The highest BCUT2D eigenvalue weighted by Crippen LogP contribution is 2.31. The molecule has 0 saturated carbocycles. The van der Waals surface area contributed by atoms with E-state index in [-0.39, 0.29) is 0 Å². The minimum Gasteiger partial charge on any atom is -0.465 e. The van der Waals surface area contributed by atoms with Crippen molar-refractivity contribution >= 4 is 34.3 Å². The lowest BCUT2D eigenvalue weighted by Crippen LogP contribution is -2.23. The van der Waals surface area contributed by atoms with Crippen LogP contribution in [0.1, 0.15) is 20.7 Å². The highest BCUT2D eigenvalue weighted by Gasteiger charge is 2.25. The number of aromatic nitrogens is 1. The standard InChI is InChI=1S/C24H18N2O4/c1-30-24(29)16-11-13-17(14-12-16)25-23(28)22(27)20-18-9-5-6-10-19(18)26-21(20)15-7-3-2-4-8-15/h2-14,26H,1H3,(H,25,28). The molecule has 148 valence electrons. The highest BCUT2D eigenvalue weighted by molar-refractivity contribution is 6.49. The molecule has 6 heteroatoms. The van der Waals surface area contributed by atoms with E-state index in [0.717, 1.165) is 11.1 Å². The van der Waals surface area contributed by atoms with Crippen LogP contribution in [0.25, 0.3) is 22.2 Å². The van der Waals surface area contributed by atoms with Crippen LogP contribution in [0.2, 0.25) is 0 Å². The van der Waals surface area contributed by atoms with Gasteiger partial charge in [-0.3, -0.25) is 9.59 Å². The number of aromatic amines is 1. The summed E-state index contributed by atoms with van der Waals surface area (Å²) in [5.41, 5.74) is 3.26. The Morgan fingerprint density at radius 2 is 1.50 bits per heavy atom. The van der Waals surface area contributed by atoms with Gasteiger partial charge in [0.15, 0.2) is 0 Å². The van der Waals surface area contributed by atoms with Crippen molar-refractivity contribution in [1.82, 2.24) is 4.98 Å². The van der Waals surface area contributed by atoms with Crippen molar-refractivity contribution in [2.75, 3.05) is 12.4 Å². The van der Waals surface area contributed by atoms with Crippen molar-refractivity contribution in [2.45, 2.75) is 0 Å². The van der Waals surface area contributed by atoms with Crippen LogP contribution < -0.4 is 5.32 Å². The maximum absolute atomic E-state index is 13.1. The smallest absolute Gasteiger partial charge is 0.337 e. The Balaban J connectivity index is 1.67. The number of Topliss-reactive ketones (excluding diaryl/α,β-unsaturated/α-hetero) is 1. The molecule has 0 unspecified atom stereocenters. The lowest BCUT2D eigenvalue weighted by atomic mass is 10.0. The summed E-state index contributed by atoms with van der Waals surface area (Å²) in [7, 11) is 1.29. The molecule has 0 aliphatic rings. The van der Waals surface area contributed by atoms with E-state index in [1.54, 1.807) is 12.1 Å². The molecule has 0 fully saturated rings. The maximum atomic E-state index is 13.1. The average Bonchev–Trinajstić information content (AvgIpc) is 3.18. The number of esters is 1. The molecule has 0 spiro atoms. The van der Waals surface area contributed by atoms with E-state index in [2.05, 4.69) is 15.0 Å². The van der Waals surface area contributed by atoms with Crippen molar-refractivity contribution in [2.24, 2.45) is 0 Å². The van der Waals surface area contributed by atoms with Crippen molar-refractivity contribution in [1.29, 1.82) is 0 Å². The van der Waals surface area contributed by atoms with Crippen LogP contribution in [-0.4, -0.2) is 29.8 Å². The molecule has 0 radical (unpaired) electrons. The molecule has 0 aliphatic carbocycles. The molecule has 4 rings (SSSR count). The summed E-state index contributed by atoms with van der Waals surface area (Å²) in [4.78, 5) is 40.7. The van der Waals surface area contributed by atoms with Crippen LogP contribution in [0.15, 0.2) is 78.9 Å². The van der Waals surface area contributed by atoms with Crippen LogP contribution in [-0.2, 0) is 9.53 Å². The first-order valence-corrected chi connectivity index (χ1v) is 9.28. The molecule has 30 heavy (non-hydrogen) atoms. The van der Waals surface area contributed by atoms with E-state index < -0.39 is 17.7 Å². The number of H-pyrrole nitrogens is 1. The Labute approximate surface area is 172 Å². The van der Waals surface area contributed by atoms with E-state index in [1.807, 2.05) is 54.6 Å². The number of nitrogens with one attached hydrogen (secondary N) is 2. The Morgan fingerprint density at radius 3 is 2.20 bits per heavy atom. The summed E-state index contributed by atoms with van der Waals surface area (Å²) >= 11 is 0. The van der Waals surface area contributed by atoms with Gasteiger partial charge in [0.2, 0.25) is 0 Å². The molecule has 1 amide bonds. The Bertz CT molecular complexity index is 1240. The summed E-state index contributed by atoms with van der Waals surface area (Å²) in [5.74, 6) is -1.89. The summed E-state index contributed by atoms with van der Waals surface area (Å²) in [5, 5.41) is 3.28. The third kappa shape index (κ3) is 3.58. The summed E-state index contributed by atoms with van der Waals surface area (Å²) in [6.07, 6.45) is 0. The highest BCUT2D eigenvalue weighted by atomic mass is 16.5. The molecule has 2 N–H and O–H groups in total. The van der Waals surface area contributed by atoms with Gasteiger partial charge in [-0.15, -0.1) is 0 Å². The van der Waals surface area contributed by atoms with Gasteiger partial charge in [0.1, 0.15) is 0 Å². The van der Waals surface area contributed by atoms with E-state index in [1.165, 1.54) is 19.2 Å². The second-order valence-corrected chi connectivity index (χ2v) is 6.64. The second kappa shape index (κ2) is 8.05. The SMILES string of the molecule is COC(=O)c1ccc(NC(=O)C(=O)c2c(-c3ccccc3)[nH]c3ccccc23)cc1. The van der Waals surface area contributed by atoms with E-state index in [9.17, 15) is 14.4 Å². The number of ketones is 1. The third-order valence-corrected chi connectivity index (χ3v) is 4.77. The van der Waals surface area contributed by atoms with Crippen LogP contribution >= 0.6 is 0 Å². The Hall–Kier alpha value is -4.19. The number of carbonyl (C=O) groups excluding carboxylic acids is 3. The van der Waals surface area contributed by atoms with Gasteiger partial charge < -0.3 is 15.0 Å². The number of para-hydroxylation sites is 1. The fraction of sp³-hybridized carbons (Fsp3) is 0.0417. The number of methoxy groups -OCH3 is 1. The number of fused-ring (bicyclic) bond motifs is 1. The number of rotatable bonds is 5. The molecule has 0 saturated heterocycles. The summed E-state index contributed by atoms with van der Waals surface area (Å²) in [6.45, 7) is 0. The number of amides is 1. The number of benzene rings is 3. The fourth-order valence-corrected chi connectivity index (χ4v) is 3.31. The number of hydrogen-bond donors (Lipinski definition) is 2. The first kappa shape index (κ1) is 19.1. The van der Waals surface area contributed by atoms with Crippen molar-refractivity contribution in [3.8, 4) is 11.3 Å². The number of anilines is 1. The van der Waals surface area contributed by atoms with Gasteiger partial charge in [-0.2, -0.15) is 0 Å². The topological polar surface area (TPSA) is 88.3 Å². The first-order valence-electron chi connectivity index (χ1n) is 9.28. The van der Waals surface area contributed by atoms with Crippen LogP contribution in [0.5, 0.6) is 0 Å². The van der Waals surface area contributed by atoms with E-state index in [0.29, 0.717) is 27.9 Å². The van der Waals surface area contributed by atoms with Crippen LogP contribution in [0, 0.1) is 0 Å². The van der Waals surface area contributed by atoms with E-state index in [4.69, 9.17) is 0 Å². The van der Waals surface area contributed by atoms with Gasteiger partial charge in [0.05, 0.1) is 23.9 Å². The average molecular weight is 398 g/mol. The molecule has 0 bridgehead atoms. The number of carbonyl (C=O) groups is 3. The zero-order valence-corrected chi connectivity index (χ0v) is 16.1. The normalized spacial score (nSPS) is 10.6.